The van der Waals surface area contributed by atoms with Gasteiger partial charge in [0.1, 0.15) is 0 Å². The van der Waals surface area contributed by atoms with E-state index in [0.29, 0.717) is 35.9 Å². The van der Waals surface area contributed by atoms with Gasteiger partial charge >= 0.3 is 5.97 Å². The second-order valence-electron chi connectivity index (χ2n) is 7.14. The molecule has 1 saturated carbocycles. The van der Waals surface area contributed by atoms with Crippen molar-refractivity contribution in [1.29, 1.82) is 0 Å². The number of rotatable bonds is 8. The van der Waals surface area contributed by atoms with Crippen molar-refractivity contribution in [1.82, 2.24) is 5.32 Å². The van der Waals surface area contributed by atoms with E-state index in [-0.39, 0.29) is 11.5 Å². The largest absolute Gasteiger partial charge is 0.478 e. The quantitative estimate of drug-likeness (QED) is 0.659. The molecule has 5 heteroatoms. The Hall–Kier alpha value is -2.66. The van der Waals surface area contributed by atoms with Crippen molar-refractivity contribution in [3.63, 3.8) is 0 Å². The van der Waals surface area contributed by atoms with Gasteiger partial charge in [0.2, 0.25) is 0 Å². The van der Waals surface area contributed by atoms with E-state index in [9.17, 15) is 14.7 Å². The Balaban J connectivity index is 1.59. The van der Waals surface area contributed by atoms with Gasteiger partial charge in [0, 0.05) is 18.7 Å². The third-order valence-corrected chi connectivity index (χ3v) is 5.13. The number of carbonyl (C=O) groups is 2. The van der Waals surface area contributed by atoms with E-state index in [4.69, 9.17) is 4.74 Å². The van der Waals surface area contributed by atoms with Crippen LogP contribution in [-0.4, -0.2) is 36.2 Å². The highest BCUT2D eigenvalue weighted by Crippen LogP contribution is 2.27. The molecule has 148 valence electrons. The topological polar surface area (TPSA) is 75.6 Å². The molecular formula is C23H27NO4. The lowest BCUT2D eigenvalue weighted by Crippen LogP contribution is -2.26. The molecule has 0 heterocycles. The van der Waals surface area contributed by atoms with Crippen LogP contribution in [0.4, 0.5) is 0 Å². The second kappa shape index (κ2) is 10.0. The third-order valence-electron chi connectivity index (χ3n) is 5.13. The van der Waals surface area contributed by atoms with Crippen molar-refractivity contribution in [3.05, 3.63) is 59.7 Å². The SMILES string of the molecule is O=C(O)c1ccccc1-c1ccccc1C(=O)NCCCOC1CCCCC1. The smallest absolute Gasteiger partial charge is 0.336 e. The highest BCUT2D eigenvalue weighted by Gasteiger charge is 2.17. The van der Waals surface area contributed by atoms with Crippen molar-refractivity contribution in [2.45, 2.75) is 44.6 Å². The molecule has 28 heavy (non-hydrogen) atoms. The highest BCUT2D eigenvalue weighted by molar-refractivity contribution is 6.04. The fourth-order valence-corrected chi connectivity index (χ4v) is 3.67. The number of hydrogen-bond donors (Lipinski definition) is 2. The van der Waals surface area contributed by atoms with Crippen molar-refractivity contribution < 1.29 is 19.4 Å². The molecule has 5 nitrogen and oxygen atoms in total. The summed E-state index contributed by atoms with van der Waals surface area (Å²) in [6.45, 7) is 1.18. The zero-order valence-corrected chi connectivity index (χ0v) is 16.0. The molecule has 2 N–H and O–H groups in total. The number of carboxylic acid groups (broad SMARTS) is 1. The Bertz CT molecular complexity index is 812. The maximum absolute atomic E-state index is 12.7. The van der Waals surface area contributed by atoms with Crippen LogP contribution in [0.2, 0.25) is 0 Å². The molecule has 1 aliphatic rings. The maximum atomic E-state index is 12.7. The van der Waals surface area contributed by atoms with Crippen molar-refractivity contribution >= 4 is 11.9 Å². The predicted octanol–water partition coefficient (Wildman–Crippen LogP) is 4.52. The summed E-state index contributed by atoms with van der Waals surface area (Å²) in [6, 6.07) is 13.8. The van der Waals surface area contributed by atoms with E-state index in [1.165, 1.54) is 19.3 Å². The average Bonchev–Trinajstić information content (AvgIpc) is 2.74. The van der Waals surface area contributed by atoms with E-state index in [1.54, 1.807) is 42.5 Å². The second-order valence-corrected chi connectivity index (χ2v) is 7.14. The molecule has 0 aromatic heterocycles. The molecule has 0 saturated heterocycles. The Morgan fingerprint density at radius 2 is 1.54 bits per heavy atom. The normalized spacial score (nSPS) is 14.6. The molecule has 0 unspecified atom stereocenters. The van der Waals surface area contributed by atoms with Gasteiger partial charge in [0.05, 0.1) is 11.7 Å². The van der Waals surface area contributed by atoms with E-state index in [2.05, 4.69) is 5.32 Å². The number of benzene rings is 2. The van der Waals surface area contributed by atoms with Gasteiger partial charge < -0.3 is 15.2 Å². The van der Waals surface area contributed by atoms with E-state index < -0.39 is 5.97 Å². The van der Waals surface area contributed by atoms with Crippen LogP contribution in [0.15, 0.2) is 48.5 Å². The zero-order valence-electron chi connectivity index (χ0n) is 16.0. The summed E-state index contributed by atoms with van der Waals surface area (Å²) in [5.41, 5.74) is 1.82. The van der Waals surface area contributed by atoms with Crippen LogP contribution in [0, 0.1) is 0 Å². The summed E-state index contributed by atoms with van der Waals surface area (Å²) in [5, 5.41) is 12.4. The lowest BCUT2D eigenvalue weighted by Gasteiger charge is -2.22. The number of carbonyl (C=O) groups excluding carboxylic acids is 1. The van der Waals surface area contributed by atoms with Crippen LogP contribution in [0.25, 0.3) is 11.1 Å². The van der Waals surface area contributed by atoms with Crippen LogP contribution in [0.1, 0.15) is 59.2 Å². The minimum Gasteiger partial charge on any atom is -0.478 e. The highest BCUT2D eigenvalue weighted by atomic mass is 16.5. The monoisotopic (exact) mass is 381 g/mol. The van der Waals surface area contributed by atoms with Crippen molar-refractivity contribution in [2.75, 3.05) is 13.2 Å². The summed E-state index contributed by atoms with van der Waals surface area (Å²) in [6.07, 6.45) is 7.21. The number of aromatic carboxylic acids is 1. The number of nitrogens with one attached hydrogen (secondary N) is 1. The van der Waals surface area contributed by atoms with Gasteiger partial charge in [0.25, 0.3) is 5.91 Å². The molecule has 1 fully saturated rings. The van der Waals surface area contributed by atoms with E-state index in [1.807, 2.05) is 6.07 Å². The van der Waals surface area contributed by atoms with E-state index in [0.717, 1.165) is 19.3 Å². The van der Waals surface area contributed by atoms with Gasteiger partial charge in [-0.15, -0.1) is 0 Å². The van der Waals surface area contributed by atoms with E-state index >= 15 is 0 Å². The first kappa shape index (κ1) is 20.1. The molecule has 0 bridgehead atoms. The minimum atomic E-state index is -1.01. The lowest BCUT2D eigenvalue weighted by atomic mass is 9.95. The predicted molar refractivity (Wildman–Crippen MR) is 109 cm³/mol. The Morgan fingerprint density at radius 3 is 2.21 bits per heavy atom. The van der Waals surface area contributed by atoms with Gasteiger partial charge in [0.15, 0.2) is 0 Å². The number of amides is 1. The molecule has 1 amide bonds. The van der Waals surface area contributed by atoms with Gasteiger partial charge in [-0.25, -0.2) is 4.79 Å². The first-order valence-corrected chi connectivity index (χ1v) is 9.98. The summed E-state index contributed by atoms with van der Waals surface area (Å²) in [7, 11) is 0. The third kappa shape index (κ3) is 5.20. The van der Waals surface area contributed by atoms with Gasteiger partial charge in [-0.3, -0.25) is 4.79 Å². The van der Waals surface area contributed by atoms with Gasteiger partial charge in [-0.1, -0.05) is 55.7 Å². The van der Waals surface area contributed by atoms with Crippen LogP contribution in [-0.2, 0) is 4.74 Å². The Morgan fingerprint density at radius 1 is 0.929 bits per heavy atom. The number of hydrogen-bond acceptors (Lipinski definition) is 3. The molecule has 0 aliphatic heterocycles. The molecule has 3 rings (SSSR count). The van der Waals surface area contributed by atoms with Crippen LogP contribution in [0.3, 0.4) is 0 Å². The fourth-order valence-electron chi connectivity index (χ4n) is 3.67. The lowest BCUT2D eigenvalue weighted by molar-refractivity contribution is 0.0273. The van der Waals surface area contributed by atoms with Gasteiger partial charge in [-0.05, 0) is 42.5 Å². The Labute approximate surface area is 165 Å². The minimum absolute atomic E-state index is 0.184. The number of carboxylic acids is 1. The molecular weight excluding hydrogens is 354 g/mol. The van der Waals surface area contributed by atoms with Gasteiger partial charge in [-0.2, -0.15) is 0 Å². The molecule has 2 aromatic carbocycles. The number of ether oxygens (including phenoxy) is 1. The average molecular weight is 381 g/mol. The first-order chi connectivity index (χ1) is 13.7. The fraction of sp³-hybridized carbons (Fsp3) is 0.391. The summed E-state index contributed by atoms with van der Waals surface area (Å²) < 4.78 is 5.89. The zero-order chi connectivity index (χ0) is 19.8. The molecule has 1 aliphatic carbocycles. The van der Waals surface area contributed by atoms with Crippen LogP contribution in [0.5, 0.6) is 0 Å². The van der Waals surface area contributed by atoms with Crippen molar-refractivity contribution in [3.8, 4) is 11.1 Å². The molecule has 0 spiro atoms. The molecule has 2 aromatic rings. The first-order valence-electron chi connectivity index (χ1n) is 9.98. The maximum Gasteiger partial charge on any atom is 0.336 e. The van der Waals surface area contributed by atoms with Crippen LogP contribution >= 0.6 is 0 Å². The van der Waals surface area contributed by atoms with Crippen LogP contribution < -0.4 is 5.32 Å². The van der Waals surface area contributed by atoms with Crippen molar-refractivity contribution in [2.24, 2.45) is 0 Å². The Kier molecular flexibility index (Phi) is 7.20. The molecule has 0 atom stereocenters. The summed E-state index contributed by atoms with van der Waals surface area (Å²) >= 11 is 0. The molecule has 0 radical (unpaired) electrons. The standard InChI is InChI=1S/C23H27NO4/c25-22(24-15-8-16-28-17-9-2-1-3-10-17)20-13-6-4-11-18(20)19-12-5-7-14-21(19)23(26)27/h4-7,11-14,17H,1-3,8-10,15-16H2,(H,24,25)(H,26,27). The summed E-state index contributed by atoms with van der Waals surface area (Å²) in [5.74, 6) is -1.21. The summed E-state index contributed by atoms with van der Waals surface area (Å²) in [4.78, 5) is 24.2.